The van der Waals surface area contributed by atoms with Gasteiger partial charge in [0.05, 0.1) is 6.20 Å². The molecule has 3 atom stereocenters. The predicted molar refractivity (Wildman–Crippen MR) is 95.4 cm³/mol. The van der Waals surface area contributed by atoms with Crippen molar-refractivity contribution in [2.75, 3.05) is 19.6 Å². The van der Waals surface area contributed by atoms with Crippen molar-refractivity contribution >= 4 is 12.4 Å². The van der Waals surface area contributed by atoms with Gasteiger partial charge < -0.3 is 10.2 Å². The SMILES string of the molecule is C=N/C=C(\N=C1/CCC(C)C(C)C1)N1CCN[C@H](C(C)C)C1. The first-order valence-corrected chi connectivity index (χ1v) is 8.72. The summed E-state index contributed by atoms with van der Waals surface area (Å²) in [5, 5.41) is 3.60. The minimum Gasteiger partial charge on any atom is -0.353 e. The Hall–Kier alpha value is -1.16. The Morgan fingerprint density at radius 3 is 2.77 bits per heavy atom. The van der Waals surface area contributed by atoms with E-state index in [-0.39, 0.29) is 0 Å². The van der Waals surface area contributed by atoms with E-state index in [9.17, 15) is 0 Å². The first kappa shape index (κ1) is 17.2. The number of hydrogen-bond acceptors (Lipinski definition) is 4. The molecule has 4 heteroatoms. The number of piperazine rings is 1. The molecule has 124 valence electrons. The average Bonchev–Trinajstić information content (AvgIpc) is 2.50. The second kappa shape index (κ2) is 7.91. The molecule has 1 heterocycles. The van der Waals surface area contributed by atoms with Gasteiger partial charge in [0, 0.05) is 31.4 Å². The molecular weight excluding hydrogens is 272 g/mol. The van der Waals surface area contributed by atoms with Crippen molar-refractivity contribution in [3.8, 4) is 0 Å². The van der Waals surface area contributed by atoms with Gasteiger partial charge in [-0.05, 0) is 43.7 Å². The molecule has 1 aliphatic carbocycles. The topological polar surface area (TPSA) is 40.0 Å². The van der Waals surface area contributed by atoms with E-state index >= 15 is 0 Å². The Balaban J connectivity index is 2.10. The molecule has 0 aromatic carbocycles. The maximum atomic E-state index is 4.97. The fourth-order valence-electron chi connectivity index (χ4n) is 3.31. The average molecular weight is 304 g/mol. The fourth-order valence-corrected chi connectivity index (χ4v) is 3.31. The fraction of sp³-hybridized carbons (Fsp3) is 0.778. The van der Waals surface area contributed by atoms with Crippen molar-refractivity contribution in [1.82, 2.24) is 10.2 Å². The number of nitrogens with one attached hydrogen (secondary N) is 1. The largest absolute Gasteiger partial charge is 0.353 e. The highest BCUT2D eigenvalue weighted by molar-refractivity contribution is 5.86. The van der Waals surface area contributed by atoms with E-state index in [1.54, 1.807) is 0 Å². The summed E-state index contributed by atoms with van der Waals surface area (Å²) in [6.45, 7) is 15.9. The molecule has 0 aromatic rings. The van der Waals surface area contributed by atoms with Crippen LogP contribution in [-0.4, -0.2) is 43.0 Å². The summed E-state index contributed by atoms with van der Waals surface area (Å²) in [5.41, 5.74) is 1.33. The van der Waals surface area contributed by atoms with Gasteiger partial charge in [0.25, 0.3) is 0 Å². The third kappa shape index (κ3) is 4.42. The maximum absolute atomic E-state index is 4.97. The molecule has 1 aliphatic heterocycles. The van der Waals surface area contributed by atoms with E-state index in [1.807, 2.05) is 6.20 Å². The molecule has 22 heavy (non-hydrogen) atoms. The lowest BCUT2D eigenvalue weighted by molar-refractivity contribution is 0.211. The standard InChI is InChI=1S/C18H32N4/c1-13(2)17-12-22(9-8-20-17)18(11-19-5)21-16-7-6-14(3)15(4)10-16/h11,13-15,17,20H,5-10,12H2,1-4H3/b18-11+,21-16+/t14?,15?,17-/m0/s1. The summed E-state index contributed by atoms with van der Waals surface area (Å²) >= 11 is 0. The van der Waals surface area contributed by atoms with Crippen LogP contribution in [-0.2, 0) is 0 Å². The summed E-state index contributed by atoms with van der Waals surface area (Å²) in [5.74, 6) is 3.17. The Labute approximate surface area is 135 Å². The van der Waals surface area contributed by atoms with Crippen molar-refractivity contribution in [3.05, 3.63) is 12.0 Å². The molecular formula is C18H32N4. The summed E-state index contributed by atoms with van der Waals surface area (Å²) in [6, 6.07) is 0.521. The number of rotatable bonds is 4. The third-order valence-electron chi connectivity index (χ3n) is 5.23. The van der Waals surface area contributed by atoms with Gasteiger partial charge in [-0.25, -0.2) is 4.99 Å². The monoisotopic (exact) mass is 304 g/mol. The van der Waals surface area contributed by atoms with Gasteiger partial charge in [0.15, 0.2) is 0 Å². The zero-order valence-electron chi connectivity index (χ0n) is 14.7. The van der Waals surface area contributed by atoms with Gasteiger partial charge in [-0.15, -0.1) is 0 Å². The highest BCUT2D eigenvalue weighted by Gasteiger charge is 2.25. The van der Waals surface area contributed by atoms with Crippen LogP contribution in [0.2, 0.25) is 0 Å². The van der Waals surface area contributed by atoms with Crippen molar-refractivity contribution < 1.29 is 0 Å². The molecule has 2 fully saturated rings. The molecule has 1 N–H and O–H groups in total. The molecule has 2 aliphatic rings. The summed E-state index contributed by atoms with van der Waals surface area (Å²) in [7, 11) is 0. The molecule has 1 saturated carbocycles. The van der Waals surface area contributed by atoms with E-state index in [0.29, 0.717) is 12.0 Å². The molecule has 2 unspecified atom stereocenters. The Bertz CT molecular complexity index is 438. The number of nitrogens with zero attached hydrogens (tertiary/aromatic N) is 3. The van der Waals surface area contributed by atoms with Crippen LogP contribution in [0.4, 0.5) is 0 Å². The van der Waals surface area contributed by atoms with Gasteiger partial charge in [0.2, 0.25) is 0 Å². The van der Waals surface area contributed by atoms with Crippen LogP contribution in [0.15, 0.2) is 22.0 Å². The van der Waals surface area contributed by atoms with Crippen LogP contribution in [0, 0.1) is 17.8 Å². The molecule has 4 nitrogen and oxygen atoms in total. The van der Waals surface area contributed by atoms with Gasteiger partial charge in [-0.3, -0.25) is 4.99 Å². The van der Waals surface area contributed by atoms with Crippen molar-refractivity contribution in [2.45, 2.75) is 53.0 Å². The van der Waals surface area contributed by atoms with Crippen molar-refractivity contribution in [3.63, 3.8) is 0 Å². The van der Waals surface area contributed by atoms with Crippen LogP contribution in [0.1, 0.15) is 47.0 Å². The lowest BCUT2D eigenvalue weighted by Crippen LogP contribution is -2.52. The van der Waals surface area contributed by atoms with Crippen LogP contribution >= 0.6 is 0 Å². The van der Waals surface area contributed by atoms with E-state index in [2.05, 4.69) is 49.6 Å². The molecule has 0 radical (unpaired) electrons. The van der Waals surface area contributed by atoms with Crippen molar-refractivity contribution in [2.24, 2.45) is 27.7 Å². The zero-order chi connectivity index (χ0) is 16.1. The quantitative estimate of drug-likeness (QED) is 0.809. The van der Waals surface area contributed by atoms with E-state index in [0.717, 1.165) is 50.1 Å². The second-order valence-electron chi connectivity index (χ2n) is 7.30. The molecule has 1 saturated heterocycles. The first-order chi connectivity index (χ1) is 10.5. The summed E-state index contributed by atoms with van der Waals surface area (Å²) in [4.78, 5) is 11.3. The highest BCUT2D eigenvalue weighted by Crippen LogP contribution is 2.28. The second-order valence-corrected chi connectivity index (χ2v) is 7.30. The molecule has 0 aromatic heterocycles. The van der Waals surface area contributed by atoms with Crippen LogP contribution < -0.4 is 5.32 Å². The van der Waals surface area contributed by atoms with Crippen molar-refractivity contribution in [1.29, 1.82) is 0 Å². The molecule has 0 amide bonds. The lowest BCUT2D eigenvalue weighted by Gasteiger charge is -2.37. The van der Waals surface area contributed by atoms with E-state index < -0.39 is 0 Å². The van der Waals surface area contributed by atoms with Gasteiger partial charge in [-0.1, -0.05) is 27.7 Å². The normalized spacial score (nSPS) is 32.6. The minimum absolute atomic E-state index is 0.521. The maximum Gasteiger partial charge on any atom is 0.146 e. The third-order valence-corrected chi connectivity index (χ3v) is 5.23. The number of aliphatic imine (C=N–C) groups is 2. The molecule has 0 bridgehead atoms. The van der Waals surface area contributed by atoms with E-state index in [1.165, 1.54) is 12.1 Å². The number of hydrogen-bond donors (Lipinski definition) is 1. The van der Waals surface area contributed by atoms with Gasteiger partial charge in [-0.2, -0.15) is 0 Å². The molecule has 2 rings (SSSR count). The first-order valence-electron chi connectivity index (χ1n) is 8.72. The van der Waals surface area contributed by atoms with Crippen LogP contribution in [0.25, 0.3) is 0 Å². The van der Waals surface area contributed by atoms with Crippen LogP contribution in [0.3, 0.4) is 0 Å². The van der Waals surface area contributed by atoms with E-state index in [4.69, 9.17) is 4.99 Å². The van der Waals surface area contributed by atoms with Gasteiger partial charge >= 0.3 is 0 Å². The minimum atomic E-state index is 0.521. The summed E-state index contributed by atoms with van der Waals surface area (Å²) in [6.07, 6.45) is 5.33. The predicted octanol–water partition coefficient (Wildman–Crippen LogP) is 3.31. The Morgan fingerprint density at radius 2 is 2.14 bits per heavy atom. The van der Waals surface area contributed by atoms with Gasteiger partial charge in [0.1, 0.15) is 5.82 Å². The summed E-state index contributed by atoms with van der Waals surface area (Å²) < 4.78 is 0. The Kier molecular flexibility index (Phi) is 6.18. The smallest absolute Gasteiger partial charge is 0.146 e. The van der Waals surface area contributed by atoms with Crippen LogP contribution in [0.5, 0.6) is 0 Å². The highest BCUT2D eigenvalue weighted by atomic mass is 15.3. The lowest BCUT2D eigenvalue weighted by atomic mass is 9.81. The zero-order valence-corrected chi connectivity index (χ0v) is 14.7. The molecule has 0 spiro atoms. The Morgan fingerprint density at radius 1 is 1.36 bits per heavy atom.